The summed E-state index contributed by atoms with van der Waals surface area (Å²) in [6.07, 6.45) is 2.50. The van der Waals surface area contributed by atoms with Gasteiger partial charge in [0.25, 0.3) is 0 Å². The van der Waals surface area contributed by atoms with Crippen molar-refractivity contribution < 1.29 is 0 Å². The molecule has 3 aromatic heterocycles. The minimum atomic E-state index is 0.621. The number of rotatable bonds is 4. The van der Waals surface area contributed by atoms with Crippen LogP contribution in [0, 0.1) is 13.8 Å². The summed E-state index contributed by atoms with van der Waals surface area (Å²) in [4.78, 5) is 15.0. The maximum atomic E-state index is 4.73. The molecule has 0 radical (unpaired) electrons. The molecule has 3 aromatic rings. The Kier molecular flexibility index (Phi) is 4.28. The zero-order chi connectivity index (χ0) is 18.4. The van der Waals surface area contributed by atoms with Gasteiger partial charge in [0, 0.05) is 43.6 Å². The number of anilines is 2. The van der Waals surface area contributed by atoms with Crippen LogP contribution in [-0.4, -0.2) is 50.7 Å². The van der Waals surface area contributed by atoms with Crippen molar-refractivity contribution in [2.45, 2.75) is 32.6 Å². The standard InChI is InChI=1S/C18H21N7S2/c1-11-16(26-12(2)19-11)14-5-6-15(22-21-14)24-7-9-25(10-8-24)18-20-17(23-27-18)13-3-4-13/h5-6,13H,3-4,7-10H2,1-2H3. The highest BCUT2D eigenvalue weighted by Crippen LogP contribution is 2.39. The minimum Gasteiger partial charge on any atom is -0.352 e. The third-order valence-corrected chi connectivity index (χ3v) is 6.92. The Hall–Kier alpha value is -2.13. The Bertz CT molecular complexity index is 937. The summed E-state index contributed by atoms with van der Waals surface area (Å²) in [6.45, 7) is 7.77. The van der Waals surface area contributed by atoms with Crippen molar-refractivity contribution in [3.8, 4) is 10.6 Å². The van der Waals surface area contributed by atoms with Crippen molar-refractivity contribution >= 4 is 33.8 Å². The molecule has 1 aliphatic heterocycles. The molecule has 2 aliphatic rings. The fraction of sp³-hybridized carbons (Fsp3) is 0.500. The van der Waals surface area contributed by atoms with E-state index in [0.29, 0.717) is 5.92 Å². The van der Waals surface area contributed by atoms with Crippen molar-refractivity contribution in [1.29, 1.82) is 0 Å². The molecule has 1 saturated heterocycles. The predicted octanol–water partition coefficient (Wildman–Crippen LogP) is 3.27. The van der Waals surface area contributed by atoms with Crippen LogP contribution in [0.4, 0.5) is 10.9 Å². The van der Waals surface area contributed by atoms with Crippen LogP contribution in [0.25, 0.3) is 10.6 Å². The molecule has 0 amide bonds. The molecule has 1 aliphatic carbocycles. The van der Waals surface area contributed by atoms with Crippen molar-refractivity contribution in [2.75, 3.05) is 36.0 Å². The fourth-order valence-electron chi connectivity index (χ4n) is 3.37. The van der Waals surface area contributed by atoms with Crippen LogP contribution in [0.15, 0.2) is 12.1 Å². The van der Waals surface area contributed by atoms with Gasteiger partial charge in [0.15, 0.2) is 5.82 Å². The van der Waals surface area contributed by atoms with Gasteiger partial charge in [-0.1, -0.05) is 0 Å². The maximum absolute atomic E-state index is 4.73. The third-order valence-electron chi connectivity index (χ3n) is 5.03. The summed E-state index contributed by atoms with van der Waals surface area (Å²) in [5, 5.41) is 11.0. The van der Waals surface area contributed by atoms with Crippen LogP contribution in [0.3, 0.4) is 0 Å². The number of aryl methyl sites for hydroxylation is 2. The van der Waals surface area contributed by atoms with Crippen LogP contribution in [-0.2, 0) is 0 Å². The van der Waals surface area contributed by atoms with Crippen LogP contribution in [0.1, 0.15) is 35.3 Å². The Morgan fingerprint density at radius 1 is 0.963 bits per heavy atom. The number of thiazole rings is 1. The molecule has 0 unspecified atom stereocenters. The number of hydrogen-bond acceptors (Lipinski definition) is 9. The summed E-state index contributed by atoms with van der Waals surface area (Å²) in [6, 6.07) is 4.13. The lowest BCUT2D eigenvalue weighted by molar-refractivity contribution is 0.641. The van der Waals surface area contributed by atoms with E-state index in [0.717, 1.165) is 64.2 Å². The quantitative estimate of drug-likeness (QED) is 0.667. The number of piperazine rings is 1. The lowest BCUT2D eigenvalue weighted by Crippen LogP contribution is -2.46. The second-order valence-corrected chi connectivity index (χ2v) is 9.04. The highest BCUT2D eigenvalue weighted by atomic mass is 32.1. The monoisotopic (exact) mass is 399 g/mol. The normalized spacial score (nSPS) is 17.6. The lowest BCUT2D eigenvalue weighted by Gasteiger charge is -2.34. The van der Waals surface area contributed by atoms with Crippen LogP contribution in [0.5, 0.6) is 0 Å². The van der Waals surface area contributed by atoms with Gasteiger partial charge < -0.3 is 9.80 Å². The summed E-state index contributed by atoms with van der Waals surface area (Å²) < 4.78 is 4.53. The number of hydrogen-bond donors (Lipinski definition) is 0. The topological polar surface area (TPSA) is 70.9 Å². The Morgan fingerprint density at radius 3 is 2.37 bits per heavy atom. The number of nitrogens with zero attached hydrogens (tertiary/aromatic N) is 7. The molecular weight excluding hydrogens is 378 g/mol. The van der Waals surface area contributed by atoms with E-state index in [1.165, 1.54) is 24.4 Å². The van der Waals surface area contributed by atoms with Crippen molar-refractivity contribution in [1.82, 2.24) is 24.5 Å². The van der Waals surface area contributed by atoms with Gasteiger partial charge in [-0.05, 0) is 38.8 Å². The third kappa shape index (κ3) is 3.41. The molecule has 140 valence electrons. The van der Waals surface area contributed by atoms with Crippen LogP contribution in [0.2, 0.25) is 0 Å². The predicted molar refractivity (Wildman–Crippen MR) is 109 cm³/mol. The Morgan fingerprint density at radius 2 is 1.74 bits per heavy atom. The zero-order valence-electron chi connectivity index (χ0n) is 15.4. The first-order chi connectivity index (χ1) is 13.2. The molecule has 7 nitrogen and oxygen atoms in total. The minimum absolute atomic E-state index is 0.621. The van der Waals surface area contributed by atoms with Crippen molar-refractivity contribution in [2.24, 2.45) is 0 Å². The summed E-state index contributed by atoms with van der Waals surface area (Å²) in [5.41, 5.74) is 1.93. The molecule has 27 heavy (non-hydrogen) atoms. The first-order valence-electron chi connectivity index (χ1n) is 9.29. The maximum Gasteiger partial charge on any atom is 0.205 e. The number of aromatic nitrogens is 5. The highest BCUT2D eigenvalue weighted by Gasteiger charge is 2.29. The summed E-state index contributed by atoms with van der Waals surface area (Å²) >= 11 is 3.21. The zero-order valence-corrected chi connectivity index (χ0v) is 17.1. The van der Waals surface area contributed by atoms with Crippen LogP contribution >= 0.6 is 22.9 Å². The van der Waals surface area contributed by atoms with Crippen molar-refractivity contribution in [3.63, 3.8) is 0 Å². The molecule has 0 atom stereocenters. The lowest BCUT2D eigenvalue weighted by atomic mass is 10.2. The molecular formula is C18H21N7S2. The van der Waals surface area contributed by atoms with E-state index >= 15 is 0 Å². The molecule has 0 bridgehead atoms. The van der Waals surface area contributed by atoms with Crippen LogP contribution < -0.4 is 9.80 Å². The highest BCUT2D eigenvalue weighted by molar-refractivity contribution is 7.15. The average molecular weight is 400 g/mol. The van der Waals surface area contributed by atoms with E-state index in [1.807, 2.05) is 13.8 Å². The Balaban J connectivity index is 1.24. The first-order valence-corrected chi connectivity index (χ1v) is 10.9. The Labute approximate surface area is 166 Å². The van der Waals surface area contributed by atoms with E-state index in [4.69, 9.17) is 4.98 Å². The fourth-order valence-corrected chi connectivity index (χ4v) is 5.06. The van der Waals surface area contributed by atoms with Gasteiger partial charge in [-0.3, -0.25) is 0 Å². The van der Waals surface area contributed by atoms with E-state index in [-0.39, 0.29) is 0 Å². The van der Waals surface area contributed by atoms with E-state index in [9.17, 15) is 0 Å². The van der Waals surface area contributed by atoms with Gasteiger partial charge in [-0.25, -0.2) is 9.97 Å². The summed E-state index contributed by atoms with van der Waals surface area (Å²) in [5.74, 6) is 2.61. The smallest absolute Gasteiger partial charge is 0.205 e. The second kappa shape index (κ2) is 6.79. The molecule has 0 aromatic carbocycles. The van der Waals surface area contributed by atoms with Crippen molar-refractivity contribution in [3.05, 3.63) is 28.7 Å². The van der Waals surface area contributed by atoms with E-state index in [2.05, 4.69) is 41.5 Å². The first kappa shape index (κ1) is 17.0. The van der Waals surface area contributed by atoms with E-state index in [1.54, 1.807) is 11.3 Å². The molecule has 0 N–H and O–H groups in total. The van der Waals surface area contributed by atoms with Gasteiger partial charge in [-0.15, -0.1) is 21.5 Å². The van der Waals surface area contributed by atoms with Gasteiger partial charge in [-0.2, -0.15) is 4.37 Å². The molecule has 2 fully saturated rings. The molecule has 0 spiro atoms. The molecule has 4 heterocycles. The van der Waals surface area contributed by atoms with E-state index < -0.39 is 0 Å². The van der Waals surface area contributed by atoms with Gasteiger partial charge >= 0.3 is 0 Å². The second-order valence-electron chi connectivity index (χ2n) is 7.11. The largest absolute Gasteiger partial charge is 0.352 e. The molecule has 9 heteroatoms. The average Bonchev–Trinajstić information content (AvgIpc) is 3.32. The van der Waals surface area contributed by atoms with Gasteiger partial charge in [0.05, 0.1) is 15.6 Å². The molecule has 1 saturated carbocycles. The SMILES string of the molecule is Cc1nc(C)c(-c2ccc(N3CCN(c4nc(C5CC5)ns4)CC3)nn2)s1. The molecule has 5 rings (SSSR count). The summed E-state index contributed by atoms with van der Waals surface area (Å²) in [7, 11) is 0. The van der Waals surface area contributed by atoms with Gasteiger partial charge in [0.2, 0.25) is 5.13 Å². The van der Waals surface area contributed by atoms with Gasteiger partial charge in [0.1, 0.15) is 11.5 Å².